The number of phenols is 1. The molecule has 1 aliphatic heterocycles. The summed E-state index contributed by atoms with van der Waals surface area (Å²) in [6.07, 6.45) is 1.59. The molecule has 1 aliphatic rings. The van der Waals surface area contributed by atoms with Crippen LogP contribution in [0.25, 0.3) is 6.08 Å². The van der Waals surface area contributed by atoms with Crippen molar-refractivity contribution in [3.8, 4) is 23.6 Å². The molecule has 0 bridgehead atoms. The van der Waals surface area contributed by atoms with Gasteiger partial charge in [0.1, 0.15) is 24.4 Å². The van der Waals surface area contributed by atoms with Crippen molar-refractivity contribution in [1.82, 2.24) is 0 Å². The van der Waals surface area contributed by atoms with Crippen molar-refractivity contribution in [3.05, 3.63) is 63.9 Å². The number of halogens is 1. The molecule has 2 N–H and O–H groups in total. The van der Waals surface area contributed by atoms with Crippen LogP contribution in [-0.4, -0.2) is 24.0 Å². The summed E-state index contributed by atoms with van der Waals surface area (Å²) >= 11 is 5.98. The quantitative estimate of drug-likeness (QED) is 0.611. The Morgan fingerprint density at radius 1 is 1.19 bits per heavy atom. The summed E-state index contributed by atoms with van der Waals surface area (Å²) < 4.78 is 5.76. The first-order valence-corrected chi connectivity index (χ1v) is 8.53. The number of carbonyl (C=O) groups excluding carboxylic acids is 1. The monoisotopic (exact) mass is 380 g/mol. The molecule has 7 heteroatoms. The summed E-state index contributed by atoms with van der Waals surface area (Å²) in [5.41, 5.74) is 1.45. The van der Waals surface area contributed by atoms with Crippen LogP contribution in [0.3, 0.4) is 0 Å². The molecule has 0 atom stereocenters. The lowest BCUT2D eigenvalue weighted by molar-refractivity contribution is -0.899. The Kier molecular flexibility index (Phi) is 5.42. The largest absolute Gasteiger partial charge is 0.507 e. The van der Waals surface area contributed by atoms with Crippen LogP contribution >= 0.6 is 11.6 Å². The molecule has 27 heavy (non-hydrogen) atoms. The third-order valence-electron chi connectivity index (χ3n) is 4.15. The zero-order valence-electron chi connectivity index (χ0n) is 14.2. The van der Waals surface area contributed by atoms with Crippen LogP contribution in [0, 0.1) is 22.7 Å². The van der Waals surface area contributed by atoms with Crippen molar-refractivity contribution < 1.29 is 19.5 Å². The van der Waals surface area contributed by atoms with E-state index in [1.807, 2.05) is 12.1 Å². The number of carbonyl (C=O) groups is 1. The summed E-state index contributed by atoms with van der Waals surface area (Å²) in [4.78, 5) is 13.3. The van der Waals surface area contributed by atoms with Crippen LogP contribution in [0.1, 0.15) is 21.5 Å². The molecule has 0 saturated carbocycles. The van der Waals surface area contributed by atoms with Crippen molar-refractivity contribution >= 4 is 23.5 Å². The number of nitrogens with zero attached hydrogens (tertiary/aromatic N) is 2. The highest BCUT2D eigenvalue weighted by Gasteiger charge is 2.32. The first-order chi connectivity index (χ1) is 13.0. The number of hydrogen-bond acceptors (Lipinski definition) is 5. The van der Waals surface area contributed by atoms with Crippen molar-refractivity contribution in [2.24, 2.45) is 0 Å². The minimum atomic E-state index is -0.298. The highest BCUT2D eigenvalue weighted by Crippen LogP contribution is 2.39. The molecule has 0 spiro atoms. The van der Waals surface area contributed by atoms with Crippen LogP contribution in [0.2, 0.25) is 5.02 Å². The van der Waals surface area contributed by atoms with Gasteiger partial charge >= 0.3 is 0 Å². The normalized spacial score (nSPS) is 13.9. The second-order valence-corrected chi connectivity index (χ2v) is 6.47. The molecular weight excluding hydrogens is 366 g/mol. The first kappa shape index (κ1) is 18.5. The molecule has 2 aromatic carbocycles. The highest BCUT2D eigenvalue weighted by atomic mass is 35.5. The van der Waals surface area contributed by atoms with Gasteiger partial charge in [0.25, 0.3) is 0 Å². The summed E-state index contributed by atoms with van der Waals surface area (Å²) in [6, 6.07) is 14.0. The van der Waals surface area contributed by atoms with E-state index in [1.54, 1.807) is 30.3 Å². The van der Waals surface area contributed by atoms with Crippen LogP contribution in [0.4, 0.5) is 0 Å². The molecule has 2 aromatic rings. The van der Waals surface area contributed by atoms with E-state index < -0.39 is 0 Å². The van der Waals surface area contributed by atoms with E-state index in [0.717, 1.165) is 0 Å². The summed E-state index contributed by atoms with van der Waals surface area (Å²) in [6.45, 7) is 0.375. The van der Waals surface area contributed by atoms with Gasteiger partial charge in [-0.25, -0.2) is 0 Å². The van der Waals surface area contributed by atoms with E-state index >= 15 is 0 Å². The van der Waals surface area contributed by atoms with Crippen molar-refractivity contribution in [2.45, 2.75) is 6.54 Å². The van der Waals surface area contributed by atoms with Gasteiger partial charge in [0, 0.05) is 5.02 Å². The van der Waals surface area contributed by atoms with Crippen LogP contribution in [-0.2, 0) is 6.54 Å². The van der Waals surface area contributed by atoms with Crippen molar-refractivity contribution in [3.63, 3.8) is 0 Å². The SMILES string of the molecule is N#CC[NH+](CC#N)Cc1c(O)ccc2c1O/C(=C/c1cccc(Cl)c1)C2=O. The second kappa shape index (κ2) is 7.92. The minimum Gasteiger partial charge on any atom is -0.507 e. The number of aromatic hydroxyl groups is 1. The number of allylic oxidation sites excluding steroid dienone is 1. The van der Waals surface area contributed by atoms with Gasteiger partial charge in [0.05, 0.1) is 11.1 Å². The number of fused-ring (bicyclic) bond motifs is 1. The zero-order chi connectivity index (χ0) is 19.4. The number of phenolic OH excluding ortho intramolecular Hbond substituents is 1. The lowest BCUT2D eigenvalue weighted by atomic mass is 10.0. The number of Topliss-reactive ketones (excluding diaryl/α,β-unsaturated/α-hetero) is 1. The van der Waals surface area contributed by atoms with Crippen molar-refractivity contribution in [1.29, 1.82) is 10.5 Å². The maximum atomic E-state index is 12.7. The van der Waals surface area contributed by atoms with Crippen LogP contribution in [0.5, 0.6) is 11.5 Å². The molecule has 0 saturated heterocycles. The number of ketones is 1. The smallest absolute Gasteiger partial charge is 0.231 e. The van der Waals surface area contributed by atoms with Gasteiger partial charge in [-0.3, -0.25) is 4.79 Å². The van der Waals surface area contributed by atoms with E-state index in [4.69, 9.17) is 26.9 Å². The minimum absolute atomic E-state index is 0.0427. The van der Waals surface area contributed by atoms with Gasteiger partial charge in [-0.05, 0) is 35.9 Å². The van der Waals surface area contributed by atoms with Gasteiger partial charge in [0.2, 0.25) is 5.78 Å². The standard InChI is InChI=1S/C20H14ClN3O3/c21-14-3-1-2-13(10-14)11-18-19(26)15-4-5-17(25)16(20(15)27-18)12-24(8-6-22)9-7-23/h1-5,10-11,25H,8-9,12H2/p+1/b18-11+. The Morgan fingerprint density at radius 3 is 2.59 bits per heavy atom. The molecule has 0 amide bonds. The topological polar surface area (TPSA) is 98.6 Å². The average Bonchev–Trinajstić information content (AvgIpc) is 2.94. The number of hydrogen-bond donors (Lipinski definition) is 2. The predicted octanol–water partition coefficient (Wildman–Crippen LogP) is 2.09. The third-order valence-corrected chi connectivity index (χ3v) is 4.38. The molecule has 134 valence electrons. The number of quaternary nitrogens is 1. The van der Waals surface area contributed by atoms with Gasteiger partial charge in [-0.15, -0.1) is 0 Å². The van der Waals surface area contributed by atoms with Gasteiger partial charge in [-0.1, -0.05) is 23.7 Å². The van der Waals surface area contributed by atoms with Crippen LogP contribution in [0.15, 0.2) is 42.2 Å². The summed E-state index contributed by atoms with van der Waals surface area (Å²) in [5, 5.41) is 28.6. The van der Waals surface area contributed by atoms with E-state index in [-0.39, 0.29) is 42.7 Å². The zero-order valence-corrected chi connectivity index (χ0v) is 15.0. The predicted molar refractivity (Wildman–Crippen MR) is 98.1 cm³/mol. The number of benzene rings is 2. The molecule has 6 nitrogen and oxygen atoms in total. The summed E-state index contributed by atoms with van der Waals surface area (Å²) in [5.74, 6) is 0.0511. The lowest BCUT2D eigenvalue weighted by Gasteiger charge is -2.15. The number of nitriles is 2. The van der Waals surface area contributed by atoms with E-state index in [9.17, 15) is 9.90 Å². The van der Waals surface area contributed by atoms with Crippen LogP contribution < -0.4 is 9.64 Å². The lowest BCUT2D eigenvalue weighted by Crippen LogP contribution is -3.10. The van der Waals surface area contributed by atoms with Crippen molar-refractivity contribution in [2.75, 3.05) is 13.1 Å². The van der Waals surface area contributed by atoms with E-state index in [2.05, 4.69) is 0 Å². The Hall–Kier alpha value is -3.32. The average molecular weight is 381 g/mol. The molecule has 0 unspecified atom stereocenters. The molecule has 0 fully saturated rings. The molecule has 0 aliphatic carbocycles. The molecule has 0 aromatic heterocycles. The maximum absolute atomic E-state index is 12.7. The van der Waals surface area contributed by atoms with Gasteiger partial charge in [-0.2, -0.15) is 10.5 Å². The number of nitrogens with one attached hydrogen (secondary N) is 1. The number of rotatable bonds is 5. The third kappa shape index (κ3) is 3.93. The Labute approximate surface area is 161 Å². The molecule has 0 radical (unpaired) electrons. The van der Waals surface area contributed by atoms with Gasteiger partial charge in [0.15, 0.2) is 24.6 Å². The Bertz CT molecular complexity index is 1000. The van der Waals surface area contributed by atoms with Gasteiger partial charge < -0.3 is 14.7 Å². The Morgan fingerprint density at radius 2 is 1.93 bits per heavy atom. The maximum Gasteiger partial charge on any atom is 0.231 e. The molecule has 3 rings (SSSR count). The Balaban J connectivity index is 1.96. The highest BCUT2D eigenvalue weighted by molar-refractivity contribution is 6.30. The van der Waals surface area contributed by atoms with E-state index in [0.29, 0.717) is 26.6 Å². The fourth-order valence-corrected chi connectivity index (χ4v) is 3.08. The number of ether oxygens (including phenoxy) is 1. The second-order valence-electron chi connectivity index (χ2n) is 6.03. The van der Waals surface area contributed by atoms with E-state index in [1.165, 1.54) is 12.1 Å². The molecule has 1 heterocycles. The fourth-order valence-electron chi connectivity index (χ4n) is 2.88. The first-order valence-electron chi connectivity index (χ1n) is 8.15. The molecular formula is C20H15ClN3O3+. The fraction of sp³-hybridized carbons (Fsp3) is 0.150. The summed E-state index contributed by atoms with van der Waals surface area (Å²) in [7, 11) is 0.